The second-order valence-corrected chi connectivity index (χ2v) is 5.62. The third-order valence-electron chi connectivity index (χ3n) is 3.61. The minimum absolute atomic E-state index is 0.0614. The van der Waals surface area contributed by atoms with Crippen molar-refractivity contribution in [3.8, 4) is 0 Å². The van der Waals surface area contributed by atoms with Crippen molar-refractivity contribution in [3.05, 3.63) is 46.3 Å². The van der Waals surface area contributed by atoms with E-state index in [2.05, 4.69) is 15.5 Å². The zero-order valence-electron chi connectivity index (χ0n) is 11.3. The van der Waals surface area contributed by atoms with E-state index in [1.165, 1.54) is 6.07 Å². The zero-order valence-corrected chi connectivity index (χ0v) is 12.0. The average Bonchev–Trinajstić information content (AvgIpc) is 2.94. The Bertz CT molecular complexity index is 641. The summed E-state index contributed by atoms with van der Waals surface area (Å²) in [4.78, 5) is 4.19. The summed E-state index contributed by atoms with van der Waals surface area (Å²) >= 11 is 5.74. The summed E-state index contributed by atoms with van der Waals surface area (Å²) in [5.41, 5.74) is -0.750. The maximum absolute atomic E-state index is 13.8. The SMILES string of the molecule is OC1(c2nc(Cc3cccc(Cl)c3F)no2)CCCNC1. The summed E-state index contributed by atoms with van der Waals surface area (Å²) in [5, 5.41) is 17.4. The Hall–Kier alpha value is -1.50. The maximum Gasteiger partial charge on any atom is 0.259 e. The first-order chi connectivity index (χ1) is 10.1. The van der Waals surface area contributed by atoms with E-state index in [1.54, 1.807) is 12.1 Å². The molecule has 112 valence electrons. The van der Waals surface area contributed by atoms with Gasteiger partial charge in [-0.3, -0.25) is 0 Å². The van der Waals surface area contributed by atoms with Crippen LogP contribution in [-0.4, -0.2) is 28.3 Å². The molecule has 2 N–H and O–H groups in total. The number of aliphatic hydroxyl groups is 1. The fourth-order valence-electron chi connectivity index (χ4n) is 2.44. The highest BCUT2D eigenvalue weighted by Gasteiger charge is 2.37. The number of piperidine rings is 1. The summed E-state index contributed by atoms with van der Waals surface area (Å²) in [6, 6.07) is 4.77. The van der Waals surface area contributed by atoms with Gasteiger partial charge in [0, 0.05) is 13.0 Å². The Morgan fingerprint density at radius 2 is 2.33 bits per heavy atom. The van der Waals surface area contributed by atoms with E-state index in [1.807, 2.05) is 0 Å². The van der Waals surface area contributed by atoms with Gasteiger partial charge in [-0.15, -0.1) is 0 Å². The van der Waals surface area contributed by atoms with Gasteiger partial charge < -0.3 is 14.9 Å². The fraction of sp³-hybridized carbons (Fsp3) is 0.429. The molecule has 7 heteroatoms. The van der Waals surface area contributed by atoms with Gasteiger partial charge in [0.2, 0.25) is 0 Å². The van der Waals surface area contributed by atoms with Gasteiger partial charge in [0.25, 0.3) is 5.89 Å². The molecule has 0 saturated carbocycles. The van der Waals surface area contributed by atoms with Crippen molar-refractivity contribution in [1.29, 1.82) is 0 Å². The highest BCUT2D eigenvalue weighted by Crippen LogP contribution is 2.27. The number of halogens is 2. The molecular weight excluding hydrogens is 297 g/mol. The monoisotopic (exact) mass is 311 g/mol. The zero-order chi connectivity index (χ0) is 14.9. The van der Waals surface area contributed by atoms with Crippen LogP contribution in [-0.2, 0) is 12.0 Å². The molecule has 1 atom stereocenters. The Labute approximate surface area is 126 Å². The molecule has 1 saturated heterocycles. The largest absolute Gasteiger partial charge is 0.379 e. The Kier molecular flexibility index (Phi) is 3.93. The molecule has 0 radical (unpaired) electrons. The number of hydrogen-bond donors (Lipinski definition) is 2. The molecule has 2 aromatic rings. The molecule has 1 unspecified atom stereocenters. The number of hydrogen-bond acceptors (Lipinski definition) is 5. The van der Waals surface area contributed by atoms with E-state index in [-0.39, 0.29) is 17.3 Å². The lowest BCUT2D eigenvalue weighted by molar-refractivity contribution is -0.0167. The Balaban J connectivity index is 1.80. The number of benzene rings is 1. The van der Waals surface area contributed by atoms with Crippen LogP contribution in [0.1, 0.15) is 30.1 Å². The summed E-state index contributed by atoms with van der Waals surface area (Å²) in [7, 11) is 0. The third kappa shape index (κ3) is 2.92. The second-order valence-electron chi connectivity index (χ2n) is 5.22. The predicted molar refractivity (Wildman–Crippen MR) is 74.5 cm³/mol. The number of aromatic nitrogens is 2. The molecule has 1 fully saturated rings. The lowest BCUT2D eigenvalue weighted by Crippen LogP contribution is -2.43. The molecule has 0 aliphatic carbocycles. The highest BCUT2D eigenvalue weighted by atomic mass is 35.5. The molecule has 0 spiro atoms. The standard InChI is InChI=1S/C14H15ClFN3O2/c15-10-4-1-3-9(12(10)16)7-11-18-13(21-19-11)14(20)5-2-6-17-8-14/h1,3-4,17,20H,2,5-8H2. The Morgan fingerprint density at radius 1 is 1.48 bits per heavy atom. The van der Waals surface area contributed by atoms with Crippen LogP contribution in [0.2, 0.25) is 5.02 Å². The van der Waals surface area contributed by atoms with E-state index >= 15 is 0 Å². The topological polar surface area (TPSA) is 71.2 Å². The van der Waals surface area contributed by atoms with Crippen molar-refractivity contribution >= 4 is 11.6 Å². The molecule has 3 rings (SSSR count). The smallest absolute Gasteiger partial charge is 0.259 e. The van der Waals surface area contributed by atoms with Crippen molar-refractivity contribution in [2.24, 2.45) is 0 Å². The van der Waals surface area contributed by atoms with E-state index in [0.717, 1.165) is 13.0 Å². The van der Waals surface area contributed by atoms with E-state index in [4.69, 9.17) is 16.1 Å². The molecule has 0 amide bonds. The first-order valence-corrected chi connectivity index (χ1v) is 7.15. The van der Waals surface area contributed by atoms with Gasteiger partial charge in [-0.25, -0.2) is 4.39 Å². The van der Waals surface area contributed by atoms with E-state index in [0.29, 0.717) is 24.4 Å². The molecule has 0 bridgehead atoms. The van der Waals surface area contributed by atoms with Crippen LogP contribution in [0.3, 0.4) is 0 Å². The third-order valence-corrected chi connectivity index (χ3v) is 3.90. The van der Waals surface area contributed by atoms with Crippen LogP contribution in [0.15, 0.2) is 22.7 Å². The van der Waals surface area contributed by atoms with Crippen LogP contribution < -0.4 is 5.32 Å². The molecule has 2 heterocycles. The second kappa shape index (κ2) is 5.71. The lowest BCUT2D eigenvalue weighted by atomic mass is 9.94. The number of nitrogens with zero attached hydrogens (tertiary/aromatic N) is 2. The molecule has 1 aromatic heterocycles. The minimum atomic E-state index is -1.14. The number of rotatable bonds is 3. The van der Waals surface area contributed by atoms with Crippen LogP contribution in [0.4, 0.5) is 4.39 Å². The minimum Gasteiger partial charge on any atom is -0.379 e. The van der Waals surface area contributed by atoms with Crippen LogP contribution in [0.25, 0.3) is 0 Å². The number of β-amino-alcohol motifs (C(OH)–C–C–N with tert-alkyl or cyclic N) is 1. The molecule has 1 aromatic carbocycles. The molecule has 1 aliphatic heterocycles. The van der Waals surface area contributed by atoms with Crippen LogP contribution in [0, 0.1) is 5.82 Å². The van der Waals surface area contributed by atoms with Crippen molar-refractivity contribution in [3.63, 3.8) is 0 Å². The fourth-order valence-corrected chi connectivity index (χ4v) is 2.64. The molecule has 1 aliphatic rings. The molecule has 21 heavy (non-hydrogen) atoms. The van der Waals surface area contributed by atoms with Gasteiger partial charge in [-0.1, -0.05) is 28.9 Å². The van der Waals surface area contributed by atoms with E-state index < -0.39 is 11.4 Å². The van der Waals surface area contributed by atoms with Crippen molar-refractivity contribution in [1.82, 2.24) is 15.5 Å². The van der Waals surface area contributed by atoms with Crippen molar-refractivity contribution in [2.45, 2.75) is 24.9 Å². The van der Waals surface area contributed by atoms with Gasteiger partial charge in [0.15, 0.2) is 11.4 Å². The summed E-state index contributed by atoms with van der Waals surface area (Å²) < 4.78 is 19.0. The average molecular weight is 312 g/mol. The molecule has 5 nitrogen and oxygen atoms in total. The van der Waals surface area contributed by atoms with Gasteiger partial charge in [-0.2, -0.15) is 4.98 Å². The van der Waals surface area contributed by atoms with Gasteiger partial charge in [-0.05, 0) is 31.0 Å². The van der Waals surface area contributed by atoms with Gasteiger partial charge in [0.1, 0.15) is 5.82 Å². The first kappa shape index (κ1) is 14.4. The molecular formula is C14H15ClFN3O2. The quantitative estimate of drug-likeness (QED) is 0.907. The van der Waals surface area contributed by atoms with Gasteiger partial charge >= 0.3 is 0 Å². The normalized spacial score (nSPS) is 22.4. The van der Waals surface area contributed by atoms with Crippen LogP contribution in [0.5, 0.6) is 0 Å². The van der Waals surface area contributed by atoms with Crippen molar-refractivity contribution in [2.75, 3.05) is 13.1 Å². The maximum atomic E-state index is 13.8. The lowest BCUT2D eigenvalue weighted by Gasteiger charge is -2.28. The number of nitrogens with one attached hydrogen (secondary N) is 1. The van der Waals surface area contributed by atoms with Crippen molar-refractivity contribution < 1.29 is 14.0 Å². The first-order valence-electron chi connectivity index (χ1n) is 6.77. The predicted octanol–water partition coefficient (Wildman–Crippen LogP) is 2.02. The highest BCUT2D eigenvalue weighted by molar-refractivity contribution is 6.30. The van der Waals surface area contributed by atoms with Gasteiger partial charge in [0.05, 0.1) is 5.02 Å². The summed E-state index contributed by atoms with van der Waals surface area (Å²) in [6.07, 6.45) is 1.56. The summed E-state index contributed by atoms with van der Waals surface area (Å²) in [5.74, 6) is 0.0147. The van der Waals surface area contributed by atoms with Crippen LogP contribution >= 0.6 is 11.6 Å². The van der Waals surface area contributed by atoms with E-state index in [9.17, 15) is 9.50 Å². The summed E-state index contributed by atoms with van der Waals surface area (Å²) in [6.45, 7) is 1.23. The Morgan fingerprint density at radius 3 is 3.10 bits per heavy atom.